The number of rotatable bonds is 4. The van der Waals surface area contributed by atoms with Crippen LogP contribution >= 0.6 is 0 Å². The summed E-state index contributed by atoms with van der Waals surface area (Å²) >= 11 is 0. The lowest BCUT2D eigenvalue weighted by atomic mass is 10.2. The van der Waals surface area contributed by atoms with Gasteiger partial charge in [-0.2, -0.15) is 0 Å². The van der Waals surface area contributed by atoms with Gasteiger partial charge in [0.25, 0.3) is 0 Å². The zero-order valence-electron chi connectivity index (χ0n) is 11.7. The number of nitrogens with two attached hydrogens (primary N) is 2. The van der Waals surface area contributed by atoms with Gasteiger partial charge in [0.2, 0.25) is 0 Å². The molecule has 4 nitrogen and oxygen atoms in total. The van der Waals surface area contributed by atoms with Crippen LogP contribution < -0.4 is 11.5 Å². The Labute approximate surface area is 120 Å². The lowest BCUT2D eigenvalue weighted by Crippen LogP contribution is -2.45. The van der Waals surface area contributed by atoms with Crippen molar-refractivity contribution in [2.75, 3.05) is 13.1 Å². The van der Waals surface area contributed by atoms with Crippen molar-refractivity contribution >= 4 is 0 Å². The van der Waals surface area contributed by atoms with Crippen LogP contribution in [0.5, 0.6) is 0 Å². The van der Waals surface area contributed by atoms with Gasteiger partial charge in [0.15, 0.2) is 0 Å². The fourth-order valence-corrected chi connectivity index (χ4v) is 3.39. The molecule has 4 N–H and O–H groups in total. The van der Waals surface area contributed by atoms with E-state index < -0.39 is 0 Å². The van der Waals surface area contributed by atoms with E-state index in [9.17, 15) is 0 Å². The summed E-state index contributed by atoms with van der Waals surface area (Å²) in [5.41, 5.74) is 13.4. The van der Waals surface area contributed by atoms with Crippen LogP contribution in [0.2, 0.25) is 0 Å². The van der Waals surface area contributed by atoms with Crippen molar-refractivity contribution in [2.24, 2.45) is 11.5 Å². The molecule has 0 amide bonds. The van der Waals surface area contributed by atoms with Crippen molar-refractivity contribution in [3.8, 4) is 0 Å². The maximum atomic E-state index is 5.53. The number of piperazine rings is 1. The molecule has 4 heteroatoms. The molecule has 2 bridgehead atoms. The van der Waals surface area contributed by atoms with Crippen molar-refractivity contribution in [2.45, 2.75) is 25.0 Å². The number of likely N-dealkylation sites (tertiary alicyclic amines) is 2. The Hall–Kier alpha value is -1.94. The van der Waals surface area contributed by atoms with Gasteiger partial charge in [-0.3, -0.25) is 4.90 Å². The lowest BCUT2D eigenvalue weighted by molar-refractivity contribution is 0.151. The van der Waals surface area contributed by atoms with Crippen LogP contribution in [0.25, 0.3) is 0 Å². The lowest BCUT2D eigenvalue weighted by Gasteiger charge is -2.35. The molecule has 2 aliphatic rings. The van der Waals surface area contributed by atoms with E-state index in [0.29, 0.717) is 17.9 Å². The molecule has 2 atom stereocenters. The predicted octanol–water partition coefficient (Wildman–Crippen LogP) is 1.22. The first-order valence-electron chi connectivity index (χ1n) is 7.09. The van der Waals surface area contributed by atoms with Crippen LogP contribution in [0.3, 0.4) is 0 Å². The Morgan fingerprint density at radius 1 is 1.20 bits per heavy atom. The molecule has 0 spiro atoms. The Kier molecular flexibility index (Phi) is 3.40. The summed E-state index contributed by atoms with van der Waals surface area (Å²) in [6.45, 7) is 7.24. The van der Waals surface area contributed by atoms with Gasteiger partial charge in [0.05, 0.1) is 5.82 Å². The summed E-state index contributed by atoms with van der Waals surface area (Å²) in [6, 6.07) is 11.8. The molecule has 2 saturated heterocycles. The number of hydrogen-bond donors (Lipinski definition) is 2. The first-order valence-corrected chi connectivity index (χ1v) is 7.09. The zero-order valence-corrected chi connectivity index (χ0v) is 11.7. The third-order valence-corrected chi connectivity index (χ3v) is 4.28. The third kappa shape index (κ3) is 2.51. The van der Waals surface area contributed by atoms with Crippen molar-refractivity contribution in [1.29, 1.82) is 0 Å². The average molecular weight is 270 g/mol. The molecular weight excluding hydrogens is 248 g/mol. The van der Waals surface area contributed by atoms with E-state index in [-0.39, 0.29) is 0 Å². The van der Waals surface area contributed by atoms with Crippen LogP contribution in [-0.2, 0) is 6.54 Å². The van der Waals surface area contributed by atoms with Crippen LogP contribution in [0.15, 0.2) is 54.5 Å². The summed E-state index contributed by atoms with van der Waals surface area (Å²) in [5, 5.41) is 0. The van der Waals surface area contributed by atoms with Gasteiger partial charge in [-0.1, -0.05) is 36.9 Å². The Morgan fingerprint density at radius 2 is 1.95 bits per heavy atom. The van der Waals surface area contributed by atoms with E-state index in [2.05, 4.69) is 46.7 Å². The number of fused-ring (bicyclic) bond motifs is 2. The molecule has 0 radical (unpaired) electrons. The Morgan fingerprint density at radius 3 is 2.55 bits per heavy atom. The third-order valence-electron chi connectivity index (χ3n) is 4.28. The standard InChI is InChI=1S/C16H22N4/c1-12(7-16(17)18)20-11-14-8-15(20)10-19(14)9-13-5-3-2-4-6-13/h2-7,14-15H,1,8-11,17-18H2/t14-,15-/m1/s1. The van der Waals surface area contributed by atoms with Gasteiger partial charge < -0.3 is 16.4 Å². The SMILES string of the molecule is C=C(C=C(N)N)N1C[C@H]2C[C@@H]1CN2Cc1ccccc1. The van der Waals surface area contributed by atoms with Crippen molar-refractivity contribution in [1.82, 2.24) is 9.80 Å². The summed E-state index contributed by atoms with van der Waals surface area (Å²) in [7, 11) is 0. The van der Waals surface area contributed by atoms with Crippen molar-refractivity contribution in [3.63, 3.8) is 0 Å². The predicted molar refractivity (Wildman–Crippen MR) is 81.3 cm³/mol. The average Bonchev–Trinajstić information content (AvgIpc) is 2.98. The number of allylic oxidation sites excluding steroid dienone is 1. The fraction of sp³-hybridized carbons (Fsp3) is 0.375. The zero-order chi connectivity index (χ0) is 14.1. The van der Waals surface area contributed by atoms with Gasteiger partial charge in [-0.25, -0.2) is 0 Å². The minimum atomic E-state index is 0.332. The highest BCUT2D eigenvalue weighted by Gasteiger charge is 2.42. The van der Waals surface area contributed by atoms with E-state index in [4.69, 9.17) is 11.5 Å². The van der Waals surface area contributed by atoms with Gasteiger partial charge >= 0.3 is 0 Å². The molecule has 0 unspecified atom stereocenters. The van der Waals surface area contributed by atoms with E-state index in [0.717, 1.165) is 25.3 Å². The highest BCUT2D eigenvalue weighted by Crippen LogP contribution is 2.34. The van der Waals surface area contributed by atoms with Gasteiger partial charge in [-0.05, 0) is 12.0 Å². The largest absolute Gasteiger partial charge is 0.386 e. The summed E-state index contributed by atoms with van der Waals surface area (Å²) in [6.07, 6.45) is 2.98. The van der Waals surface area contributed by atoms with E-state index in [1.807, 2.05) is 0 Å². The molecule has 3 rings (SSSR count). The summed E-state index contributed by atoms with van der Waals surface area (Å²) < 4.78 is 0. The number of hydrogen-bond acceptors (Lipinski definition) is 4. The summed E-state index contributed by atoms with van der Waals surface area (Å²) in [4.78, 5) is 4.91. The Bertz CT molecular complexity index is 519. The molecule has 0 aromatic heterocycles. The molecule has 106 valence electrons. The minimum Gasteiger partial charge on any atom is -0.386 e. The molecule has 20 heavy (non-hydrogen) atoms. The quantitative estimate of drug-likeness (QED) is 0.808. The fourth-order valence-electron chi connectivity index (χ4n) is 3.39. The van der Waals surface area contributed by atoms with Gasteiger partial charge in [-0.15, -0.1) is 0 Å². The number of benzene rings is 1. The van der Waals surface area contributed by atoms with Crippen molar-refractivity contribution < 1.29 is 0 Å². The first kappa shape index (κ1) is 13.1. The monoisotopic (exact) mass is 270 g/mol. The molecule has 2 aliphatic heterocycles. The molecule has 2 heterocycles. The van der Waals surface area contributed by atoms with Crippen LogP contribution in [0.1, 0.15) is 12.0 Å². The smallest absolute Gasteiger partial charge is 0.0954 e. The van der Waals surface area contributed by atoms with E-state index in [1.165, 1.54) is 12.0 Å². The maximum absolute atomic E-state index is 5.53. The maximum Gasteiger partial charge on any atom is 0.0954 e. The first-order chi connectivity index (χ1) is 9.63. The molecule has 0 saturated carbocycles. The Balaban J connectivity index is 1.62. The topological polar surface area (TPSA) is 58.5 Å². The molecular formula is C16H22N4. The number of nitrogens with zero attached hydrogens (tertiary/aromatic N) is 2. The second kappa shape index (κ2) is 5.21. The molecule has 1 aromatic carbocycles. The van der Waals surface area contributed by atoms with Crippen LogP contribution in [0.4, 0.5) is 0 Å². The van der Waals surface area contributed by atoms with E-state index in [1.54, 1.807) is 6.08 Å². The van der Waals surface area contributed by atoms with E-state index >= 15 is 0 Å². The highest BCUT2D eigenvalue weighted by molar-refractivity contribution is 5.22. The normalized spacial score (nSPS) is 24.9. The molecule has 1 aromatic rings. The highest BCUT2D eigenvalue weighted by atomic mass is 15.3. The second-order valence-electron chi connectivity index (χ2n) is 5.75. The van der Waals surface area contributed by atoms with Crippen molar-refractivity contribution in [3.05, 3.63) is 60.1 Å². The molecule has 2 fully saturated rings. The second-order valence-corrected chi connectivity index (χ2v) is 5.75. The minimum absolute atomic E-state index is 0.332. The van der Waals surface area contributed by atoms with Crippen LogP contribution in [0, 0.1) is 0 Å². The summed E-state index contributed by atoms with van der Waals surface area (Å²) in [5.74, 6) is 0.332. The van der Waals surface area contributed by atoms with Gasteiger partial charge in [0.1, 0.15) is 0 Å². The molecule has 0 aliphatic carbocycles. The van der Waals surface area contributed by atoms with Gasteiger partial charge in [0, 0.05) is 43.5 Å². The van der Waals surface area contributed by atoms with Crippen LogP contribution in [-0.4, -0.2) is 35.0 Å².